The average Bonchev–Trinajstić information content (AvgIpc) is 3.39. The molecule has 1 aromatic heterocycles. The Morgan fingerprint density at radius 2 is 1.76 bits per heavy atom. The van der Waals surface area contributed by atoms with Crippen molar-refractivity contribution in [3.63, 3.8) is 0 Å². The van der Waals surface area contributed by atoms with Crippen molar-refractivity contribution in [3.8, 4) is 11.4 Å². The number of hydrogen-bond donors (Lipinski definition) is 2. The van der Waals surface area contributed by atoms with Gasteiger partial charge in [0.15, 0.2) is 5.82 Å². The van der Waals surface area contributed by atoms with Crippen LogP contribution in [0, 0.1) is 0 Å². The minimum absolute atomic E-state index is 0.782. The van der Waals surface area contributed by atoms with Gasteiger partial charge >= 0.3 is 0 Å². The van der Waals surface area contributed by atoms with Gasteiger partial charge in [-0.15, -0.1) is 0 Å². The second-order valence-electron chi connectivity index (χ2n) is 6.07. The summed E-state index contributed by atoms with van der Waals surface area (Å²) in [5.41, 5.74) is 7.62. The van der Waals surface area contributed by atoms with E-state index in [9.17, 15) is 0 Å². The maximum atomic E-state index is 5.65. The van der Waals surface area contributed by atoms with Crippen LogP contribution in [0.2, 0.25) is 0 Å². The van der Waals surface area contributed by atoms with Crippen molar-refractivity contribution in [2.24, 2.45) is 5.84 Å². The first-order chi connectivity index (χ1) is 10.3. The normalized spacial score (nSPS) is 17.4. The molecular formula is C17H20N4. The lowest BCUT2D eigenvalue weighted by atomic mass is 9.96. The monoisotopic (exact) mass is 280 g/mol. The lowest BCUT2D eigenvalue weighted by molar-refractivity contribution is 0.665. The van der Waals surface area contributed by atoms with Crippen LogP contribution < -0.4 is 11.3 Å². The molecule has 2 aliphatic carbocycles. The van der Waals surface area contributed by atoms with E-state index in [1.165, 1.54) is 36.8 Å². The van der Waals surface area contributed by atoms with E-state index in [1.807, 2.05) is 0 Å². The fourth-order valence-electron chi connectivity index (χ4n) is 3.16. The van der Waals surface area contributed by atoms with E-state index in [0.717, 1.165) is 41.7 Å². The van der Waals surface area contributed by atoms with Gasteiger partial charge in [-0.3, -0.25) is 0 Å². The van der Waals surface area contributed by atoms with E-state index >= 15 is 0 Å². The first-order valence-corrected chi connectivity index (χ1v) is 7.82. The molecule has 2 aromatic rings. The highest BCUT2D eigenvalue weighted by atomic mass is 15.3. The van der Waals surface area contributed by atoms with E-state index in [1.54, 1.807) is 0 Å². The highest BCUT2D eigenvalue weighted by Gasteiger charge is 2.23. The van der Waals surface area contributed by atoms with Gasteiger partial charge in [0.05, 0.1) is 0 Å². The van der Waals surface area contributed by atoms with Crippen LogP contribution in [-0.4, -0.2) is 9.97 Å². The molecule has 0 atom stereocenters. The lowest BCUT2D eigenvalue weighted by Crippen LogP contribution is -2.17. The van der Waals surface area contributed by atoms with Gasteiger partial charge in [-0.05, 0) is 50.0 Å². The summed E-state index contributed by atoms with van der Waals surface area (Å²) in [7, 11) is 0. The van der Waals surface area contributed by atoms with E-state index in [4.69, 9.17) is 10.8 Å². The molecule has 21 heavy (non-hydrogen) atoms. The molecule has 2 aliphatic rings. The molecule has 0 amide bonds. The van der Waals surface area contributed by atoms with Crippen LogP contribution in [0.25, 0.3) is 11.4 Å². The quantitative estimate of drug-likeness (QED) is 0.669. The van der Waals surface area contributed by atoms with Crippen molar-refractivity contribution in [3.05, 3.63) is 41.1 Å². The summed E-state index contributed by atoms with van der Waals surface area (Å²) in [6.07, 6.45) is 7.11. The standard InChI is InChI=1S/C17H20N4/c18-21-17-14-3-1-2-4-15(14)19-16(20-17)13-9-7-12(8-10-13)11-5-6-11/h7-11H,1-6,18H2,(H,19,20,21). The van der Waals surface area contributed by atoms with Crippen molar-refractivity contribution in [2.75, 3.05) is 5.43 Å². The number of nitrogens with two attached hydrogens (primary N) is 1. The molecule has 1 heterocycles. The van der Waals surface area contributed by atoms with Crippen LogP contribution in [0.5, 0.6) is 0 Å². The van der Waals surface area contributed by atoms with Gasteiger partial charge < -0.3 is 5.43 Å². The Morgan fingerprint density at radius 3 is 2.48 bits per heavy atom. The van der Waals surface area contributed by atoms with Gasteiger partial charge in [0, 0.05) is 16.8 Å². The van der Waals surface area contributed by atoms with E-state index in [-0.39, 0.29) is 0 Å². The Balaban J connectivity index is 1.73. The summed E-state index contributed by atoms with van der Waals surface area (Å²) in [6, 6.07) is 8.70. The predicted molar refractivity (Wildman–Crippen MR) is 83.9 cm³/mol. The Labute approximate surface area is 124 Å². The molecule has 0 aliphatic heterocycles. The van der Waals surface area contributed by atoms with E-state index < -0.39 is 0 Å². The number of fused-ring (bicyclic) bond motifs is 1. The number of aromatic nitrogens is 2. The zero-order chi connectivity index (χ0) is 14.2. The summed E-state index contributed by atoms with van der Waals surface area (Å²) in [5.74, 6) is 8.01. The first kappa shape index (κ1) is 12.8. The van der Waals surface area contributed by atoms with Crippen LogP contribution in [0.1, 0.15) is 48.4 Å². The number of hydrazine groups is 1. The van der Waals surface area contributed by atoms with Gasteiger partial charge in [0.1, 0.15) is 5.82 Å². The molecule has 4 rings (SSSR count). The Bertz CT molecular complexity index is 642. The maximum absolute atomic E-state index is 5.65. The predicted octanol–water partition coefficient (Wildman–Crippen LogP) is 3.19. The zero-order valence-corrected chi connectivity index (χ0v) is 12.1. The first-order valence-electron chi connectivity index (χ1n) is 7.82. The molecule has 4 nitrogen and oxygen atoms in total. The third-order valence-electron chi connectivity index (χ3n) is 4.54. The molecule has 0 saturated heterocycles. The number of nitrogen functional groups attached to an aromatic ring is 1. The summed E-state index contributed by atoms with van der Waals surface area (Å²) in [4.78, 5) is 9.39. The number of aryl methyl sites for hydroxylation is 1. The molecular weight excluding hydrogens is 260 g/mol. The molecule has 1 fully saturated rings. The van der Waals surface area contributed by atoms with Gasteiger partial charge in [0.25, 0.3) is 0 Å². The zero-order valence-electron chi connectivity index (χ0n) is 12.1. The number of nitrogens with one attached hydrogen (secondary N) is 1. The number of rotatable bonds is 3. The number of anilines is 1. The second-order valence-corrected chi connectivity index (χ2v) is 6.07. The van der Waals surface area contributed by atoms with Crippen LogP contribution in [-0.2, 0) is 12.8 Å². The van der Waals surface area contributed by atoms with Gasteiger partial charge in [-0.25, -0.2) is 15.8 Å². The molecule has 3 N–H and O–H groups in total. The fourth-order valence-corrected chi connectivity index (χ4v) is 3.16. The van der Waals surface area contributed by atoms with Crippen LogP contribution in [0.15, 0.2) is 24.3 Å². The second kappa shape index (κ2) is 5.11. The van der Waals surface area contributed by atoms with E-state index in [2.05, 4.69) is 34.7 Å². The lowest BCUT2D eigenvalue weighted by Gasteiger charge is -2.18. The summed E-state index contributed by atoms with van der Waals surface area (Å²) in [5, 5.41) is 0. The smallest absolute Gasteiger partial charge is 0.161 e. The molecule has 0 unspecified atom stereocenters. The summed E-state index contributed by atoms with van der Waals surface area (Å²) >= 11 is 0. The molecule has 108 valence electrons. The summed E-state index contributed by atoms with van der Waals surface area (Å²) < 4.78 is 0. The van der Waals surface area contributed by atoms with Crippen molar-refractivity contribution in [2.45, 2.75) is 44.4 Å². The van der Waals surface area contributed by atoms with Gasteiger partial charge in [0.2, 0.25) is 0 Å². The van der Waals surface area contributed by atoms with Crippen LogP contribution in [0.3, 0.4) is 0 Å². The topological polar surface area (TPSA) is 63.8 Å². The van der Waals surface area contributed by atoms with Gasteiger partial charge in [-0.2, -0.15) is 0 Å². The molecule has 4 heteroatoms. The Hall–Kier alpha value is -1.94. The minimum Gasteiger partial charge on any atom is -0.308 e. The van der Waals surface area contributed by atoms with Crippen molar-refractivity contribution >= 4 is 5.82 Å². The van der Waals surface area contributed by atoms with Gasteiger partial charge in [-0.1, -0.05) is 24.3 Å². The van der Waals surface area contributed by atoms with Crippen molar-refractivity contribution in [1.82, 2.24) is 9.97 Å². The SMILES string of the molecule is NNc1nc(-c2ccc(C3CC3)cc2)nc2c1CCCC2. The Morgan fingerprint density at radius 1 is 1.00 bits per heavy atom. The number of nitrogens with zero attached hydrogens (tertiary/aromatic N) is 2. The number of hydrogen-bond acceptors (Lipinski definition) is 4. The highest BCUT2D eigenvalue weighted by molar-refractivity contribution is 5.60. The molecule has 0 spiro atoms. The third kappa shape index (κ3) is 2.40. The summed E-state index contributed by atoms with van der Waals surface area (Å²) in [6.45, 7) is 0. The molecule has 1 aromatic carbocycles. The molecule has 0 bridgehead atoms. The number of benzene rings is 1. The molecule has 1 saturated carbocycles. The Kier molecular flexibility index (Phi) is 3.11. The average molecular weight is 280 g/mol. The van der Waals surface area contributed by atoms with Crippen molar-refractivity contribution < 1.29 is 0 Å². The third-order valence-corrected chi connectivity index (χ3v) is 4.54. The van der Waals surface area contributed by atoms with Crippen molar-refractivity contribution in [1.29, 1.82) is 0 Å². The van der Waals surface area contributed by atoms with E-state index in [0.29, 0.717) is 0 Å². The highest BCUT2D eigenvalue weighted by Crippen LogP contribution is 2.40. The molecule has 0 radical (unpaired) electrons. The van der Waals surface area contributed by atoms with Crippen LogP contribution in [0.4, 0.5) is 5.82 Å². The fraction of sp³-hybridized carbons (Fsp3) is 0.412. The largest absolute Gasteiger partial charge is 0.308 e. The minimum atomic E-state index is 0.782. The van der Waals surface area contributed by atoms with Crippen LogP contribution >= 0.6 is 0 Å². The maximum Gasteiger partial charge on any atom is 0.161 e.